The van der Waals surface area contributed by atoms with Crippen LogP contribution in [0.15, 0.2) is 53.7 Å². The topological polar surface area (TPSA) is 67.8 Å². The third-order valence-electron chi connectivity index (χ3n) is 3.24. The summed E-state index contributed by atoms with van der Waals surface area (Å²) in [7, 11) is 0. The number of pyridine rings is 1. The lowest BCUT2D eigenvalue weighted by atomic mass is 10.2. The monoisotopic (exact) mass is 404 g/mol. The Morgan fingerprint density at radius 3 is 2.54 bits per heavy atom. The van der Waals surface area contributed by atoms with Gasteiger partial charge in [0.15, 0.2) is 0 Å². The first-order valence-corrected chi connectivity index (χ1v) is 9.39. The van der Waals surface area contributed by atoms with Crippen molar-refractivity contribution in [2.75, 3.05) is 11.1 Å². The summed E-state index contributed by atoms with van der Waals surface area (Å²) in [5.74, 6) is 0.643. The molecular formula is C18H14Cl2N4OS. The fourth-order valence-corrected chi connectivity index (χ4v) is 3.49. The Morgan fingerprint density at radius 2 is 1.85 bits per heavy atom. The summed E-state index contributed by atoms with van der Waals surface area (Å²) < 4.78 is 0. The van der Waals surface area contributed by atoms with Gasteiger partial charge in [-0.15, -0.1) is 0 Å². The molecule has 8 heteroatoms. The number of benzene rings is 1. The first-order chi connectivity index (χ1) is 12.5. The Morgan fingerprint density at radius 1 is 1.08 bits per heavy atom. The lowest BCUT2D eigenvalue weighted by Gasteiger charge is -2.07. The summed E-state index contributed by atoms with van der Waals surface area (Å²) in [4.78, 5) is 25.2. The van der Waals surface area contributed by atoms with Crippen molar-refractivity contribution >= 4 is 46.6 Å². The highest BCUT2D eigenvalue weighted by Gasteiger charge is 2.09. The average molecular weight is 405 g/mol. The van der Waals surface area contributed by atoms with E-state index in [9.17, 15) is 4.79 Å². The fraction of sp³-hybridized carbons (Fsp3) is 0.111. The van der Waals surface area contributed by atoms with Gasteiger partial charge in [0.25, 0.3) is 0 Å². The van der Waals surface area contributed by atoms with Crippen LogP contribution in [0.5, 0.6) is 0 Å². The van der Waals surface area contributed by atoms with Crippen molar-refractivity contribution in [2.45, 2.75) is 11.9 Å². The molecule has 3 rings (SSSR count). The highest BCUT2D eigenvalue weighted by atomic mass is 35.5. The Hall–Kier alpha value is -2.15. The zero-order valence-electron chi connectivity index (χ0n) is 13.7. The van der Waals surface area contributed by atoms with Gasteiger partial charge in [-0.05, 0) is 43.3 Å². The van der Waals surface area contributed by atoms with E-state index in [2.05, 4.69) is 20.3 Å². The number of aromatic nitrogens is 3. The highest BCUT2D eigenvalue weighted by Crippen LogP contribution is 2.24. The maximum absolute atomic E-state index is 12.2. The normalized spacial score (nSPS) is 10.6. The van der Waals surface area contributed by atoms with E-state index in [1.807, 2.05) is 31.2 Å². The molecule has 0 bridgehead atoms. The molecular weight excluding hydrogens is 391 g/mol. The van der Waals surface area contributed by atoms with Gasteiger partial charge in [0.2, 0.25) is 5.91 Å². The molecule has 5 nitrogen and oxygen atoms in total. The minimum absolute atomic E-state index is 0.177. The van der Waals surface area contributed by atoms with Gasteiger partial charge in [-0.3, -0.25) is 9.78 Å². The van der Waals surface area contributed by atoms with Gasteiger partial charge in [0.05, 0.1) is 17.1 Å². The van der Waals surface area contributed by atoms with E-state index in [0.29, 0.717) is 26.6 Å². The van der Waals surface area contributed by atoms with Crippen LogP contribution in [0.25, 0.3) is 11.4 Å². The minimum atomic E-state index is -0.177. The van der Waals surface area contributed by atoms with Gasteiger partial charge >= 0.3 is 0 Å². The van der Waals surface area contributed by atoms with Crippen molar-refractivity contribution < 1.29 is 4.79 Å². The molecule has 0 spiro atoms. The van der Waals surface area contributed by atoms with E-state index in [-0.39, 0.29) is 11.7 Å². The third kappa shape index (κ3) is 5.17. The lowest BCUT2D eigenvalue weighted by Crippen LogP contribution is -2.14. The Labute approximate surface area is 165 Å². The van der Waals surface area contributed by atoms with E-state index in [1.165, 1.54) is 11.8 Å². The number of thioether (sulfide) groups is 1. The van der Waals surface area contributed by atoms with Crippen LogP contribution in [0, 0.1) is 6.92 Å². The molecule has 0 saturated carbocycles. The number of hydrogen-bond acceptors (Lipinski definition) is 5. The third-order valence-corrected chi connectivity index (χ3v) is 4.59. The highest BCUT2D eigenvalue weighted by molar-refractivity contribution is 7.99. The number of rotatable bonds is 5. The van der Waals surface area contributed by atoms with Gasteiger partial charge < -0.3 is 5.32 Å². The zero-order chi connectivity index (χ0) is 18.5. The quantitative estimate of drug-likeness (QED) is 0.484. The number of hydrogen-bond donors (Lipinski definition) is 1. The number of nitrogens with one attached hydrogen (secondary N) is 1. The number of amides is 1. The summed E-state index contributed by atoms with van der Waals surface area (Å²) in [6.07, 6.45) is 1.71. The number of carbonyl (C=O) groups is 1. The largest absolute Gasteiger partial charge is 0.325 e. The molecule has 0 atom stereocenters. The second-order valence-corrected chi connectivity index (χ2v) is 7.22. The first-order valence-electron chi connectivity index (χ1n) is 7.65. The molecule has 0 aliphatic heterocycles. The molecule has 1 N–H and O–H groups in total. The molecule has 0 saturated heterocycles. The maximum Gasteiger partial charge on any atom is 0.234 e. The summed E-state index contributed by atoms with van der Waals surface area (Å²) in [5.41, 5.74) is 2.04. The number of anilines is 1. The van der Waals surface area contributed by atoms with Crippen LogP contribution in [-0.4, -0.2) is 26.6 Å². The van der Waals surface area contributed by atoms with Crippen molar-refractivity contribution in [2.24, 2.45) is 0 Å². The van der Waals surface area contributed by atoms with Crippen molar-refractivity contribution in [1.29, 1.82) is 0 Å². The molecule has 0 aliphatic rings. The molecule has 1 aromatic carbocycles. The molecule has 132 valence electrons. The number of aryl methyl sites for hydroxylation is 1. The van der Waals surface area contributed by atoms with Gasteiger partial charge in [-0.2, -0.15) is 0 Å². The predicted octanol–water partition coefficient (Wildman–Crippen LogP) is 4.88. The fourth-order valence-electron chi connectivity index (χ4n) is 2.22. The van der Waals surface area contributed by atoms with Crippen LogP contribution >= 0.6 is 35.0 Å². The van der Waals surface area contributed by atoms with Crippen molar-refractivity contribution in [3.8, 4) is 11.4 Å². The van der Waals surface area contributed by atoms with E-state index in [1.54, 1.807) is 24.4 Å². The minimum Gasteiger partial charge on any atom is -0.325 e. The smallest absolute Gasteiger partial charge is 0.234 e. The van der Waals surface area contributed by atoms with Gasteiger partial charge in [0, 0.05) is 21.9 Å². The summed E-state index contributed by atoms with van der Waals surface area (Å²) in [6.45, 7) is 1.81. The molecule has 1 amide bonds. The standard InChI is InChI=1S/C18H14Cl2N4OS/c1-11-22-16(15-4-2-3-5-21-15)9-18(23-11)26-10-17(25)24-14-7-12(19)6-13(20)8-14/h2-9H,10H2,1H3,(H,24,25). The molecule has 0 aliphatic carbocycles. The summed E-state index contributed by atoms with van der Waals surface area (Å²) >= 11 is 13.2. The molecule has 2 heterocycles. The molecule has 0 radical (unpaired) electrons. The number of nitrogens with zero attached hydrogens (tertiary/aromatic N) is 3. The molecule has 3 aromatic rings. The first kappa shape index (κ1) is 18.6. The Kier molecular flexibility index (Phi) is 6.08. The van der Waals surface area contributed by atoms with Gasteiger partial charge in [0.1, 0.15) is 10.9 Å². The Balaban J connectivity index is 1.67. The van der Waals surface area contributed by atoms with Gasteiger partial charge in [-0.25, -0.2) is 9.97 Å². The van der Waals surface area contributed by atoms with Crippen molar-refractivity contribution in [3.63, 3.8) is 0 Å². The number of carbonyl (C=O) groups excluding carboxylic acids is 1. The van der Waals surface area contributed by atoms with Crippen LogP contribution in [-0.2, 0) is 4.79 Å². The second kappa shape index (κ2) is 8.49. The van der Waals surface area contributed by atoms with E-state index in [0.717, 1.165) is 11.4 Å². The molecule has 2 aromatic heterocycles. The van der Waals surface area contributed by atoms with Gasteiger partial charge in [-0.1, -0.05) is 41.0 Å². The summed E-state index contributed by atoms with van der Waals surface area (Å²) in [6, 6.07) is 12.3. The molecule has 0 fully saturated rings. The van der Waals surface area contributed by atoms with Crippen LogP contribution in [0.1, 0.15) is 5.82 Å². The van der Waals surface area contributed by atoms with Crippen LogP contribution in [0.3, 0.4) is 0 Å². The van der Waals surface area contributed by atoms with Crippen LogP contribution in [0.2, 0.25) is 10.0 Å². The summed E-state index contributed by atoms with van der Waals surface area (Å²) in [5, 5.41) is 4.41. The van der Waals surface area contributed by atoms with Crippen molar-refractivity contribution in [3.05, 3.63) is 64.5 Å². The Bertz CT molecular complexity index is 917. The van der Waals surface area contributed by atoms with E-state index < -0.39 is 0 Å². The van der Waals surface area contributed by atoms with E-state index >= 15 is 0 Å². The van der Waals surface area contributed by atoms with Crippen LogP contribution < -0.4 is 5.32 Å². The van der Waals surface area contributed by atoms with Crippen molar-refractivity contribution in [1.82, 2.24) is 15.0 Å². The molecule has 26 heavy (non-hydrogen) atoms. The predicted molar refractivity (Wildman–Crippen MR) is 106 cm³/mol. The zero-order valence-corrected chi connectivity index (χ0v) is 16.1. The maximum atomic E-state index is 12.2. The SMILES string of the molecule is Cc1nc(SCC(=O)Nc2cc(Cl)cc(Cl)c2)cc(-c2ccccn2)n1. The molecule has 0 unspecified atom stereocenters. The lowest BCUT2D eigenvalue weighted by molar-refractivity contribution is -0.113. The second-order valence-electron chi connectivity index (χ2n) is 5.35. The average Bonchev–Trinajstić information content (AvgIpc) is 2.59. The number of halogens is 2. The van der Waals surface area contributed by atoms with E-state index in [4.69, 9.17) is 23.2 Å². The van der Waals surface area contributed by atoms with Crippen LogP contribution in [0.4, 0.5) is 5.69 Å².